The molecule has 0 atom stereocenters. The molecular formula is C22H18N2O3. The molecule has 0 unspecified atom stereocenters. The maximum atomic E-state index is 10.9. The number of carbonyl (C=O) groups is 1. The molecule has 0 saturated carbocycles. The number of ether oxygens (including phenoxy) is 1. The van der Waals surface area contributed by atoms with Crippen molar-refractivity contribution < 1.29 is 14.6 Å². The molecule has 0 saturated heterocycles. The number of aliphatic carboxylic acids is 1. The van der Waals surface area contributed by atoms with Crippen LogP contribution in [0.25, 0.3) is 28.1 Å². The fraction of sp³-hybridized carbons (Fsp3) is 0.0909. The number of fused-ring (bicyclic) bond motifs is 1. The van der Waals surface area contributed by atoms with Crippen LogP contribution in [0.3, 0.4) is 0 Å². The van der Waals surface area contributed by atoms with E-state index in [1.807, 2.05) is 72.8 Å². The van der Waals surface area contributed by atoms with Crippen molar-refractivity contribution >= 4 is 17.0 Å². The average molecular weight is 358 g/mol. The van der Waals surface area contributed by atoms with E-state index in [0.29, 0.717) is 0 Å². The zero-order chi connectivity index (χ0) is 18.8. The lowest BCUT2D eigenvalue weighted by molar-refractivity contribution is -0.136. The van der Waals surface area contributed by atoms with Crippen LogP contribution < -0.4 is 4.74 Å². The summed E-state index contributed by atoms with van der Waals surface area (Å²) in [5.74, 6) is 0.682. The minimum absolute atomic E-state index is 0.00429. The summed E-state index contributed by atoms with van der Waals surface area (Å²) in [6.07, 6.45) is 0.00429. The monoisotopic (exact) mass is 358 g/mol. The van der Waals surface area contributed by atoms with Gasteiger partial charge >= 0.3 is 5.97 Å². The van der Waals surface area contributed by atoms with Gasteiger partial charge in [-0.2, -0.15) is 0 Å². The highest BCUT2D eigenvalue weighted by Crippen LogP contribution is 2.33. The smallest absolute Gasteiger partial charge is 0.307 e. The molecule has 0 aliphatic heterocycles. The minimum Gasteiger partial charge on any atom is -0.496 e. The van der Waals surface area contributed by atoms with Gasteiger partial charge in [-0.25, -0.2) is 4.98 Å². The number of carboxylic acid groups (broad SMARTS) is 1. The first-order valence-electron chi connectivity index (χ1n) is 8.59. The summed E-state index contributed by atoms with van der Waals surface area (Å²) in [6, 6.07) is 23.2. The standard InChI is InChI=1S/C22H18N2O3/c1-27-20-9-5-2-6-17(20)22-23-18-7-3-4-8-19(18)24(22)16-12-10-15(11-13-16)14-21(25)26/h2-13H,14H2,1H3,(H,25,26). The van der Waals surface area contributed by atoms with Crippen molar-refractivity contribution in [2.24, 2.45) is 0 Å². The minimum atomic E-state index is -0.842. The van der Waals surface area contributed by atoms with Gasteiger partial charge in [-0.3, -0.25) is 9.36 Å². The summed E-state index contributed by atoms with van der Waals surface area (Å²) in [4.78, 5) is 15.8. The number of carboxylic acids is 1. The molecule has 1 N–H and O–H groups in total. The van der Waals surface area contributed by atoms with E-state index in [1.165, 1.54) is 0 Å². The summed E-state index contributed by atoms with van der Waals surface area (Å²) in [5.41, 5.74) is 4.43. The van der Waals surface area contributed by atoms with Gasteiger partial charge in [-0.1, -0.05) is 36.4 Å². The van der Waals surface area contributed by atoms with Gasteiger partial charge in [-0.15, -0.1) is 0 Å². The van der Waals surface area contributed by atoms with E-state index in [9.17, 15) is 4.79 Å². The van der Waals surface area contributed by atoms with E-state index in [4.69, 9.17) is 14.8 Å². The number of hydrogen-bond acceptors (Lipinski definition) is 3. The summed E-state index contributed by atoms with van der Waals surface area (Å²) >= 11 is 0. The van der Waals surface area contributed by atoms with Crippen LogP contribution in [0.2, 0.25) is 0 Å². The van der Waals surface area contributed by atoms with Gasteiger partial charge in [0.05, 0.1) is 30.1 Å². The topological polar surface area (TPSA) is 64.4 Å². The molecule has 3 aromatic carbocycles. The highest BCUT2D eigenvalue weighted by atomic mass is 16.5. The number of para-hydroxylation sites is 3. The van der Waals surface area contributed by atoms with Crippen LogP contribution in [0.15, 0.2) is 72.8 Å². The molecule has 0 aliphatic carbocycles. The summed E-state index contributed by atoms with van der Waals surface area (Å²) < 4.78 is 7.60. The van der Waals surface area contributed by atoms with Crippen LogP contribution in [0, 0.1) is 0 Å². The first-order chi connectivity index (χ1) is 13.2. The number of aromatic nitrogens is 2. The van der Waals surface area contributed by atoms with Crippen LogP contribution >= 0.6 is 0 Å². The maximum Gasteiger partial charge on any atom is 0.307 e. The van der Waals surface area contributed by atoms with E-state index < -0.39 is 5.97 Å². The molecule has 27 heavy (non-hydrogen) atoms. The Kier molecular flexibility index (Phi) is 4.34. The summed E-state index contributed by atoms with van der Waals surface area (Å²) in [5, 5.41) is 8.98. The quantitative estimate of drug-likeness (QED) is 0.577. The average Bonchev–Trinajstić information content (AvgIpc) is 3.07. The van der Waals surface area contributed by atoms with Crippen LogP contribution in [-0.4, -0.2) is 27.7 Å². The zero-order valence-corrected chi connectivity index (χ0v) is 14.8. The third-order valence-corrected chi connectivity index (χ3v) is 4.46. The molecule has 0 bridgehead atoms. The number of methoxy groups -OCH3 is 1. The lowest BCUT2D eigenvalue weighted by Gasteiger charge is -2.12. The fourth-order valence-electron chi connectivity index (χ4n) is 3.23. The van der Waals surface area contributed by atoms with E-state index >= 15 is 0 Å². The SMILES string of the molecule is COc1ccccc1-c1nc2ccccc2n1-c1ccc(CC(=O)O)cc1. The van der Waals surface area contributed by atoms with E-state index in [-0.39, 0.29) is 6.42 Å². The predicted molar refractivity (Wildman–Crippen MR) is 104 cm³/mol. The Labute approximate surface area is 156 Å². The fourth-order valence-corrected chi connectivity index (χ4v) is 3.23. The van der Waals surface area contributed by atoms with Gasteiger partial charge in [0.2, 0.25) is 0 Å². The molecule has 4 aromatic rings. The predicted octanol–water partition coefficient (Wildman–Crippen LogP) is 4.33. The molecule has 4 rings (SSSR count). The van der Waals surface area contributed by atoms with Gasteiger partial charge < -0.3 is 9.84 Å². The summed E-state index contributed by atoms with van der Waals surface area (Å²) in [6.45, 7) is 0. The molecule has 0 radical (unpaired) electrons. The lowest BCUT2D eigenvalue weighted by atomic mass is 10.1. The first-order valence-corrected chi connectivity index (χ1v) is 8.59. The van der Waals surface area contributed by atoms with Crippen molar-refractivity contribution in [2.45, 2.75) is 6.42 Å². The maximum absolute atomic E-state index is 10.9. The molecule has 0 amide bonds. The van der Waals surface area contributed by atoms with Crippen LogP contribution in [0.5, 0.6) is 5.75 Å². The summed E-state index contributed by atoms with van der Waals surface area (Å²) in [7, 11) is 1.65. The molecule has 5 nitrogen and oxygen atoms in total. The third kappa shape index (κ3) is 3.15. The van der Waals surface area contributed by atoms with Crippen LogP contribution in [-0.2, 0) is 11.2 Å². The van der Waals surface area contributed by atoms with Crippen molar-refractivity contribution in [1.82, 2.24) is 9.55 Å². The van der Waals surface area contributed by atoms with Gasteiger partial charge in [0.25, 0.3) is 0 Å². The zero-order valence-electron chi connectivity index (χ0n) is 14.8. The highest BCUT2D eigenvalue weighted by Gasteiger charge is 2.17. The number of imidazole rings is 1. The molecular weight excluding hydrogens is 340 g/mol. The lowest BCUT2D eigenvalue weighted by Crippen LogP contribution is -2.02. The molecule has 0 aliphatic rings. The second-order valence-electron chi connectivity index (χ2n) is 6.20. The Balaban J connectivity index is 1.92. The van der Waals surface area contributed by atoms with Crippen molar-refractivity contribution in [2.75, 3.05) is 7.11 Å². The molecule has 134 valence electrons. The Morgan fingerprint density at radius 1 is 1.00 bits per heavy atom. The molecule has 0 fully saturated rings. The van der Waals surface area contributed by atoms with Gasteiger partial charge in [0, 0.05) is 5.69 Å². The van der Waals surface area contributed by atoms with Crippen molar-refractivity contribution in [3.05, 3.63) is 78.4 Å². The van der Waals surface area contributed by atoms with Crippen molar-refractivity contribution in [1.29, 1.82) is 0 Å². The second kappa shape index (κ2) is 6.96. The van der Waals surface area contributed by atoms with E-state index in [2.05, 4.69) is 4.57 Å². The van der Waals surface area contributed by atoms with Gasteiger partial charge in [-0.05, 0) is 42.0 Å². The largest absolute Gasteiger partial charge is 0.496 e. The molecule has 1 heterocycles. The van der Waals surface area contributed by atoms with Crippen molar-refractivity contribution in [3.8, 4) is 22.8 Å². The van der Waals surface area contributed by atoms with Gasteiger partial charge in [0.15, 0.2) is 0 Å². The molecule has 5 heteroatoms. The van der Waals surface area contributed by atoms with E-state index in [1.54, 1.807) is 7.11 Å². The Bertz CT molecular complexity index is 1110. The highest BCUT2D eigenvalue weighted by molar-refractivity contribution is 5.84. The van der Waals surface area contributed by atoms with Crippen LogP contribution in [0.1, 0.15) is 5.56 Å². The van der Waals surface area contributed by atoms with E-state index in [0.717, 1.165) is 39.4 Å². The third-order valence-electron chi connectivity index (χ3n) is 4.46. The number of benzene rings is 3. The number of nitrogens with zero attached hydrogens (tertiary/aromatic N) is 2. The Morgan fingerprint density at radius 2 is 1.70 bits per heavy atom. The second-order valence-corrected chi connectivity index (χ2v) is 6.20. The molecule has 1 aromatic heterocycles. The van der Waals surface area contributed by atoms with Crippen LogP contribution in [0.4, 0.5) is 0 Å². The Morgan fingerprint density at radius 3 is 2.44 bits per heavy atom. The van der Waals surface area contributed by atoms with Gasteiger partial charge in [0.1, 0.15) is 11.6 Å². The number of hydrogen-bond donors (Lipinski definition) is 1. The molecule has 0 spiro atoms. The normalized spacial score (nSPS) is 10.9. The number of rotatable bonds is 5. The van der Waals surface area contributed by atoms with Crippen molar-refractivity contribution in [3.63, 3.8) is 0 Å². The Hall–Kier alpha value is -3.60. The first kappa shape index (κ1) is 16.8.